The molecule has 0 unspecified atom stereocenters. The molecule has 2 N–H and O–H groups in total. The van der Waals surface area contributed by atoms with Gasteiger partial charge in [-0.15, -0.1) is 0 Å². The molecule has 5 heteroatoms. The van der Waals surface area contributed by atoms with Gasteiger partial charge in [0, 0.05) is 11.2 Å². The lowest BCUT2D eigenvalue weighted by molar-refractivity contribution is -0.140. The molecule has 1 aromatic carbocycles. The summed E-state index contributed by atoms with van der Waals surface area (Å²) < 4.78 is 0. The first-order valence-electron chi connectivity index (χ1n) is 6.52. The maximum absolute atomic E-state index is 12.1. The Morgan fingerprint density at radius 2 is 1.80 bits per heavy atom. The van der Waals surface area contributed by atoms with Crippen LogP contribution in [0.25, 0.3) is 0 Å². The number of aliphatic carboxylic acids is 1. The summed E-state index contributed by atoms with van der Waals surface area (Å²) in [5.41, 5.74) is 1.34. The van der Waals surface area contributed by atoms with Gasteiger partial charge in [0.2, 0.25) is 5.91 Å². The molecule has 1 aromatic rings. The fraction of sp³-hybridized carbons (Fsp3) is 0.467. The van der Waals surface area contributed by atoms with Crippen LogP contribution >= 0.6 is 0 Å². The van der Waals surface area contributed by atoms with E-state index in [9.17, 15) is 9.59 Å². The van der Waals surface area contributed by atoms with E-state index in [4.69, 9.17) is 5.11 Å². The highest BCUT2D eigenvalue weighted by Crippen LogP contribution is 2.15. The minimum Gasteiger partial charge on any atom is -0.480 e. The van der Waals surface area contributed by atoms with Gasteiger partial charge >= 0.3 is 5.97 Å². The summed E-state index contributed by atoms with van der Waals surface area (Å²) in [6, 6.07) is 7.48. The van der Waals surface area contributed by atoms with Crippen LogP contribution in [0.5, 0.6) is 0 Å². The van der Waals surface area contributed by atoms with Gasteiger partial charge in [-0.3, -0.25) is 14.5 Å². The number of hydrogen-bond donors (Lipinski definition) is 2. The van der Waals surface area contributed by atoms with Crippen LogP contribution in [0.1, 0.15) is 26.3 Å². The number of anilines is 1. The highest BCUT2D eigenvalue weighted by atomic mass is 16.4. The monoisotopic (exact) mass is 278 g/mol. The van der Waals surface area contributed by atoms with E-state index in [1.165, 1.54) is 0 Å². The molecule has 0 saturated carbocycles. The van der Waals surface area contributed by atoms with Crippen molar-refractivity contribution in [1.29, 1.82) is 0 Å². The molecule has 0 saturated heterocycles. The van der Waals surface area contributed by atoms with Gasteiger partial charge in [-0.1, -0.05) is 18.2 Å². The Kier molecular flexibility index (Phi) is 5.27. The number of nitrogens with zero attached hydrogens (tertiary/aromatic N) is 1. The number of carbonyl (C=O) groups excluding carboxylic acids is 1. The Bertz CT molecular complexity index is 492. The Labute approximate surface area is 119 Å². The van der Waals surface area contributed by atoms with Crippen molar-refractivity contribution in [2.45, 2.75) is 33.2 Å². The smallest absolute Gasteiger partial charge is 0.317 e. The number of aryl methyl sites for hydroxylation is 1. The average Bonchev–Trinajstić information content (AvgIpc) is 2.29. The van der Waals surface area contributed by atoms with E-state index < -0.39 is 5.97 Å². The molecule has 0 heterocycles. The molecule has 5 nitrogen and oxygen atoms in total. The topological polar surface area (TPSA) is 69.6 Å². The van der Waals surface area contributed by atoms with Gasteiger partial charge in [0.05, 0.1) is 13.1 Å². The molecule has 0 spiro atoms. The van der Waals surface area contributed by atoms with Crippen LogP contribution in [0, 0.1) is 6.92 Å². The standard InChI is InChI=1S/C15H22N2O3/c1-11-7-5-6-8-12(11)16-13(18)9-17(10-14(19)20)15(2,3)4/h5-8H,9-10H2,1-4H3,(H,16,18)(H,19,20). The fourth-order valence-corrected chi connectivity index (χ4v) is 1.77. The number of carboxylic acids is 1. The molecule has 1 amide bonds. The van der Waals surface area contributed by atoms with E-state index in [-0.39, 0.29) is 24.5 Å². The van der Waals surface area contributed by atoms with E-state index in [2.05, 4.69) is 5.32 Å². The molecule has 0 aliphatic heterocycles. The summed E-state index contributed by atoms with van der Waals surface area (Å²) in [6.45, 7) is 7.45. The molecular weight excluding hydrogens is 256 g/mol. The molecule has 20 heavy (non-hydrogen) atoms. The van der Waals surface area contributed by atoms with Gasteiger partial charge in [-0.25, -0.2) is 0 Å². The van der Waals surface area contributed by atoms with Crippen LogP contribution in [0.4, 0.5) is 5.69 Å². The molecule has 0 bridgehead atoms. The van der Waals surface area contributed by atoms with Gasteiger partial charge < -0.3 is 10.4 Å². The number of benzene rings is 1. The van der Waals surface area contributed by atoms with E-state index in [0.29, 0.717) is 0 Å². The van der Waals surface area contributed by atoms with Crippen LogP contribution in [-0.4, -0.2) is 40.5 Å². The lowest BCUT2D eigenvalue weighted by Crippen LogP contribution is -2.48. The van der Waals surface area contributed by atoms with Crippen LogP contribution in [0.15, 0.2) is 24.3 Å². The first-order valence-corrected chi connectivity index (χ1v) is 6.52. The molecule has 0 fully saturated rings. The molecule has 1 rings (SSSR count). The highest BCUT2D eigenvalue weighted by Gasteiger charge is 2.25. The maximum atomic E-state index is 12.1. The molecule has 110 valence electrons. The van der Waals surface area contributed by atoms with Crippen molar-refractivity contribution in [3.8, 4) is 0 Å². The third-order valence-electron chi connectivity index (χ3n) is 3.03. The van der Waals surface area contributed by atoms with Crippen LogP contribution < -0.4 is 5.32 Å². The van der Waals surface area contributed by atoms with Crippen molar-refractivity contribution in [2.24, 2.45) is 0 Å². The summed E-state index contributed by atoms with van der Waals surface area (Å²) in [5.74, 6) is -1.15. The number of amides is 1. The predicted molar refractivity (Wildman–Crippen MR) is 78.8 cm³/mol. The Balaban J connectivity index is 2.72. The first-order chi connectivity index (χ1) is 9.20. The van der Waals surface area contributed by atoms with Crippen molar-refractivity contribution >= 4 is 17.6 Å². The van der Waals surface area contributed by atoms with Crippen LogP contribution in [0.3, 0.4) is 0 Å². The average molecular weight is 278 g/mol. The molecule has 0 aromatic heterocycles. The van der Waals surface area contributed by atoms with Gasteiger partial charge in [0.1, 0.15) is 0 Å². The van der Waals surface area contributed by atoms with E-state index in [1.54, 1.807) is 4.90 Å². The van der Waals surface area contributed by atoms with Crippen molar-refractivity contribution in [3.63, 3.8) is 0 Å². The maximum Gasteiger partial charge on any atom is 0.317 e. The second-order valence-corrected chi connectivity index (χ2v) is 5.78. The molecule has 0 atom stereocenters. The van der Waals surface area contributed by atoms with Crippen molar-refractivity contribution in [1.82, 2.24) is 4.90 Å². The van der Waals surface area contributed by atoms with E-state index >= 15 is 0 Å². The zero-order chi connectivity index (χ0) is 15.3. The number of carboxylic acid groups (broad SMARTS) is 1. The summed E-state index contributed by atoms with van der Waals surface area (Å²) in [6.07, 6.45) is 0. The summed E-state index contributed by atoms with van der Waals surface area (Å²) in [7, 11) is 0. The first kappa shape index (κ1) is 16.2. The summed E-state index contributed by atoms with van der Waals surface area (Å²) in [4.78, 5) is 24.6. The second kappa shape index (κ2) is 6.52. The predicted octanol–water partition coefficient (Wildman–Crippen LogP) is 2.12. The summed E-state index contributed by atoms with van der Waals surface area (Å²) >= 11 is 0. The third kappa shape index (κ3) is 5.01. The van der Waals surface area contributed by atoms with Crippen molar-refractivity contribution in [2.75, 3.05) is 18.4 Å². The number of carbonyl (C=O) groups is 2. The molecule has 0 aliphatic carbocycles. The highest BCUT2D eigenvalue weighted by molar-refractivity contribution is 5.93. The van der Waals surface area contributed by atoms with Crippen molar-refractivity contribution < 1.29 is 14.7 Å². The Morgan fingerprint density at radius 1 is 1.20 bits per heavy atom. The third-order valence-corrected chi connectivity index (χ3v) is 3.03. The number of para-hydroxylation sites is 1. The lowest BCUT2D eigenvalue weighted by Gasteiger charge is -2.33. The van der Waals surface area contributed by atoms with Crippen LogP contribution in [0.2, 0.25) is 0 Å². The largest absolute Gasteiger partial charge is 0.480 e. The SMILES string of the molecule is Cc1ccccc1NC(=O)CN(CC(=O)O)C(C)(C)C. The Morgan fingerprint density at radius 3 is 2.30 bits per heavy atom. The van der Waals surface area contributed by atoms with Gasteiger partial charge in [0.15, 0.2) is 0 Å². The number of hydrogen-bond acceptors (Lipinski definition) is 3. The van der Waals surface area contributed by atoms with Gasteiger partial charge in [0.25, 0.3) is 0 Å². The normalized spacial score (nSPS) is 11.4. The lowest BCUT2D eigenvalue weighted by atomic mass is 10.1. The molecule has 0 aliphatic rings. The quantitative estimate of drug-likeness (QED) is 0.865. The fourth-order valence-electron chi connectivity index (χ4n) is 1.77. The van der Waals surface area contributed by atoms with Gasteiger partial charge in [-0.2, -0.15) is 0 Å². The number of nitrogens with one attached hydrogen (secondary N) is 1. The van der Waals surface area contributed by atoms with Gasteiger partial charge in [-0.05, 0) is 39.3 Å². The molecule has 0 radical (unpaired) electrons. The van der Waals surface area contributed by atoms with Crippen LogP contribution in [-0.2, 0) is 9.59 Å². The zero-order valence-electron chi connectivity index (χ0n) is 12.4. The van der Waals surface area contributed by atoms with Crippen molar-refractivity contribution in [3.05, 3.63) is 29.8 Å². The minimum absolute atomic E-state index is 0.0458. The van der Waals surface area contributed by atoms with E-state index in [1.807, 2.05) is 52.0 Å². The number of rotatable bonds is 5. The minimum atomic E-state index is -0.941. The summed E-state index contributed by atoms with van der Waals surface area (Å²) in [5, 5.41) is 11.7. The Hall–Kier alpha value is -1.88. The van der Waals surface area contributed by atoms with E-state index in [0.717, 1.165) is 11.3 Å². The zero-order valence-corrected chi connectivity index (χ0v) is 12.4. The molecular formula is C15H22N2O3. The second-order valence-electron chi connectivity index (χ2n) is 5.78.